The topological polar surface area (TPSA) is 37.3 Å². The zero-order chi connectivity index (χ0) is 17.6. The molecule has 3 heteroatoms. The number of benzene rings is 1. The first-order valence-electron chi connectivity index (χ1n) is 9.61. The molecule has 0 amide bonds. The maximum atomic E-state index is 11.5. The minimum Gasteiger partial charge on any atom is -0.481 e. The van der Waals surface area contributed by atoms with Crippen LogP contribution in [0.15, 0.2) is 24.3 Å². The molecular weight excluding hydrogens is 320 g/mol. The summed E-state index contributed by atoms with van der Waals surface area (Å²) in [5.41, 5.74) is 0.943. The molecule has 2 nitrogen and oxygen atoms in total. The Bertz CT molecular complexity index is 459. The second-order valence-corrected chi connectivity index (χ2v) is 7.21. The molecule has 0 saturated carbocycles. The van der Waals surface area contributed by atoms with Gasteiger partial charge in [0.15, 0.2) is 0 Å². The predicted octanol–water partition coefficient (Wildman–Crippen LogP) is 6.89. The van der Waals surface area contributed by atoms with E-state index < -0.39 is 5.97 Å². The number of aliphatic carboxylic acids is 1. The Morgan fingerprint density at radius 1 is 0.958 bits per heavy atom. The van der Waals surface area contributed by atoms with E-state index in [2.05, 4.69) is 6.92 Å². The third-order valence-electron chi connectivity index (χ3n) is 4.68. The smallest absolute Gasteiger partial charge is 0.306 e. The Morgan fingerprint density at radius 2 is 1.50 bits per heavy atom. The monoisotopic (exact) mass is 352 g/mol. The van der Waals surface area contributed by atoms with Crippen molar-refractivity contribution in [3.63, 3.8) is 0 Å². The molecule has 0 aromatic heterocycles. The van der Waals surface area contributed by atoms with Crippen LogP contribution >= 0.6 is 11.6 Å². The molecule has 0 fully saturated rings. The summed E-state index contributed by atoms with van der Waals surface area (Å²) in [6, 6.07) is 7.55. The van der Waals surface area contributed by atoms with Crippen LogP contribution in [0.5, 0.6) is 0 Å². The van der Waals surface area contributed by atoms with Crippen molar-refractivity contribution in [3.05, 3.63) is 34.9 Å². The highest BCUT2D eigenvalue weighted by Crippen LogP contribution is 2.22. The minimum atomic E-state index is -0.703. The number of halogens is 1. The molecular formula is C21H33ClO2. The van der Waals surface area contributed by atoms with Crippen LogP contribution < -0.4 is 0 Å². The SMILES string of the molecule is CCCCCCCCCCCCC(Cc1ccccc1Cl)C(=O)O. The highest BCUT2D eigenvalue weighted by molar-refractivity contribution is 6.31. The number of unbranched alkanes of at least 4 members (excludes halogenated alkanes) is 9. The molecule has 0 heterocycles. The maximum absolute atomic E-state index is 11.5. The molecule has 0 spiro atoms. The Labute approximate surface area is 152 Å². The van der Waals surface area contributed by atoms with E-state index in [0.29, 0.717) is 11.4 Å². The molecule has 1 unspecified atom stereocenters. The van der Waals surface area contributed by atoms with E-state index in [1.165, 1.54) is 51.4 Å². The number of hydrogen-bond acceptors (Lipinski definition) is 1. The lowest BCUT2D eigenvalue weighted by Crippen LogP contribution is -2.16. The molecule has 1 aromatic rings. The fourth-order valence-electron chi connectivity index (χ4n) is 3.12. The van der Waals surface area contributed by atoms with Crippen LogP contribution in [0.2, 0.25) is 5.02 Å². The lowest BCUT2D eigenvalue weighted by Gasteiger charge is -2.13. The fourth-order valence-corrected chi connectivity index (χ4v) is 3.33. The fraction of sp³-hybridized carbons (Fsp3) is 0.667. The molecule has 0 aliphatic carbocycles. The van der Waals surface area contributed by atoms with Crippen LogP contribution in [0.3, 0.4) is 0 Å². The van der Waals surface area contributed by atoms with Gasteiger partial charge in [-0.15, -0.1) is 0 Å². The van der Waals surface area contributed by atoms with E-state index >= 15 is 0 Å². The summed E-state index contributed by atoms with van der Waals surface area (Å²) >= 11 is 6.14. The zero-order valence-electron chi connectivity index (χ0n) is 15.1. The van der Waals surface area contributed by atoms with Crippen LogP contribution in [-0.2, 0) is 11.2 Å². The molecule has 0 aliphatic heterocycles. The largest absolute Gasteiger partial charge is 0.481 e. The summed E-state index contributed by atoms with van der Waals surface area (Å²) in [7, 11) is 0. The predicted molar refractivity (Wildman–Crippen MR) is 103 cm³/mol. The first kappa shape index (κ1) is 21.0. The van der Waals surface area contributed by atoms with Crippen LogP contribution in [0.4, 0.5) is 0 Å². The first-order valence-corrected chi connectivity index (χ1v) is 9.99. The minimum absolute atomic E-state index is 0.320. The van der Waals surface area contributed by atoms with Crippen molar-refractivity contribution >= 4 is 17.6 Å². The average molecular weight is 353 g/mol. The normalized spacial score (nSPS) is 12.2. The molecule has 1 N–H and O–H groups in total. The summed E-state index contributed by atoms with van der Waals surface area (Å²) in [5, 5.41) is 10.1. The summed E-state index contributed by atoms with van der Waals surface area (Å²) in [4.78, 5) is 11.5. The average Bonchev–Trinajstić information content (AvgIpc) is 2.57. The quantitative estimate of drug-likeness (QED) is 0.370. The molecule has 1 atom stereocenters. The molecule has 0 radical (unpaired) electrons. The Kier molecular flexibility index (Phi) is 11.6. The number of hydrogen-bond donors (Lipinski definition) is 1. The van der Waals surface area contributed by atoms with E-state index in [1.54, 1.807) is 0 Å². The molecule has 0 aliphatic rings. The maximum Gasteiger partial charge on any atom is 0.306 e. The Balaban J connectivity index is 2.14. The van der Waals surface area contributed by atoms with Gasteiger partial charge in [-0.25, -0.2) is 0 Å². The van der Waals surface area contributed by atoms with E-state index in [4.69, 9.17) is 11.6 Å². The first-order chi connectivity index (χ1) is 11.6. The number of carboxylic acid groups (broad SMARTS) is 1. The molecule has 136 valence electrons. The summed E-state index contributed by atoms with van der Waals surface area (Å²) in [6.45, 7) is 2.25. The molecule has 1 rings (SSSR count). The number of carbonyl (C=O) groups is 1. The molecule has 0 bridgehead atoms. The zero-order valence-corrected chi connectivity index (χ0v) is 15.9. The van der Waals surface area contributed by atoms with Gasteiger partial charge in [0.05, 0.1) is 5.92 Å². The third kappa shape index (κ3) is 9.32. The van der Waals surface area contributed by atoms with Crippen LogP contribution in [-0.4, -0.2) is 11.1 Å². The van der Waals surface area contributed by atoms with E-state index in [9.17, 15) is 9.90 Å². The van der Waals surface area contributed by atoms with Crippen molar-refractivity contribution in [2.24, 2.45) is 5.92 Å². The molecule has 0 saturated heterocycles. The lowest BCUT2D eigenvalue weighted by molar-refractivity contribution is -0.142. The van der Waals surface area contributed by atoms with Crippen molar-refractivity contribution in [1.29, 1.82) is 0 Å². The van der Waals surface area contributed by atoms with Gasteiger partial charge in [-0.3, -0.25) is 4.79 Å². The van der Waals surface area contributed by atoms with Gasteiger partial charge in [-0.05, 0) is 24.5 Å². The summed E-state index contributed by atoms with van der Waals surface area (Å²) in [6.07, 6.45) is 14.0. The van der Waals surface area contributed by atoms with E-state index in [-0.39, 0.29) is 5.92 Å². The Hall–Kier alpha value is -1.02. The highest BCUT2D eigenvalue weighted by Gasteiger charge is 2.18. The Morgan fingerprint density at radius 3 is 2.04 bits per heavy atom. The second-order valence-electron chi connectivity index (χ2n) is 6.80. The van der Waals surface area contributed by atoms with Gasteiger partial charge in [-0.1, -0.05) is 101 Å². The highest BCUT2D eigenvalue weighted by atomic mass is 35.5. The third-order valence-corrected chi connectivity index (χ3v) is 5.05. The van der Waals surface area contributed by atoms with Gasteiger partial charge < -0.3 is 5.11 Å². The summed E-state index contributed by atoms with van der Waals surface area (Å²) in [5.74, 6) is -1.02. The second kappa shape index (κ2) is 13.3. The summed E-state index contributed by atoms with van der Waals surface area (Å²) < 4.78 is 0. The van der Waals surface area contributed by atoms with Gasteiger partial charge in [0.2, 0.25) is 0 Å². The van der Waals surface area contributed by atoms with Crippen molar-refractivity contribution in [2.75, 3.05) is 0 Å². The van der Waals surface area contributed by atoms with Crippen molar-refractivity contribution in [3.8, 4) is 0 Å². The van der Waals surface area contributed by atoms with E-state index in [1.807, 2.05) is 24.3 Å². The van der Waals surface area contributed by atoms with Gasteiger partial charge in [0, 0.05) is 5.02 Å². The van der Waals surface area contributed by atoms with E-state index in [0.717, 1.165) is 24.8 Å². The molecule has 24 heavy (non-hydrogen) atoms. The van der Waals surface area contributed by atoms with Gasteiger partial charge in [-0.2, -0.15) is 0 Å². The van der Waals surface area contributed by atoms with Gasteiger partial charge in [0.25, 0.3) is 0 Å². The standard InChI is InChI=1S/C21H33ClO2/c1-2-3-4-5-6-7-8-9-10-11-15-19(21(23)24)17-18-14-12-13-16-20(18)22/h12-14,16,19H,2-11,15,17H2,1H3,(H,23,24). The molecule has 1 aromatic carbocycles. The number of carboxylic acids is 1. The van der Waals surface area contributed by atoms with Gasteiger partial charge in [0.1, 0.15) is 0 Å². The lowest BCUT2D eigenvalue weighted by atomic mass is 9.93. The van der Waals surface area contributed by atoms with Crippen LogP contribution in [0, 0.1) is 5.92 Å². The van der Waals surface area contributed by atoms with Crippen molar-refractivity contribution in [1.82, 2.24) is 0 Å². The number of rotatable bonds is 14. The van der Waals surface area contributed by atoms with Crippen LogP contribution in [0.25, 0.3) is 0 Å². The van der Waals surface area contributed by atoms with Crippen molar-refractivity contribution in [2.45, 2.75) is 84.0 Å². The van der Waals surface area contributed by atoms with Gasteiger partial charge >= 0.3 is 5.97 Å². The van der Waals surface area contributed by atoms with Crippen LogP contribution in [0.1, 0.15) is 83.1 Å². The van der Waals surface area contributed by atoms with Crippen molar-refractivity contribution < 1.29 is 9.90 Å².